The molecule has 6 aromatic carbocycles. The predicted octanol–water partition coefficient (Wildman–Crippen LogP) is 20.6. The lowest BCUT2D eigenvalue weighted by Gasteiger charge is -2.33. The van der Waals surface area contributed by atoms with Crippen molar-refractivity contribution in [1.29, 1.82) is 0 Å². The minimum Gasteiger partial charge on any atom is -0.382 e. The highest BCUT2D eigenvalue weighted by Crippen LogP contribution is 2.29. The Bertz CT molecular complexity index is 2970. The molecule has 11 nitrogen and oxygen atoms in total. The van der Waals surface area contributed by atoms with Crippen LogP contribution in [-0.2, 0) is 30.2 Å². The average Bonchev–Trinajstić information content (AvgIpc) is 1.72. The first kappa shape index (κ1) is 78.3. The molecule has 4 N–H and O–H groups in total. The summed E-state index contributed by atoms with van der Waals surface area (Å²) in [6.45, 7) is 39.3. The highest BCUT2D eigenvalue weighted by molar-refractivity contribution is 5.51. The van der Waals surface area contributed by atoms with Crippen molar-refractivity contribution >= 4 is 28.4 Å². The standard InChI is InChI=1S/2C15H23NO.C14H20FNO.C14H21NO.C14H21N.C13H19NO/c1-12(2)13-4-6-14(7-5-13)16(3)15-8-10-17-11-9-15;1-12(2)15-6-4-14(5-7-15)10-16-8-9-17-11-13(16)3;1-10(2)11-3-4-14(13(15)9-11)16-12-5-7-17-8-6-12;1-11(2)12-3-5-13(6-4-12)15-14-7-9-16-10-8-14;1-11(2)12-7-9-14(10-8-12)15-13-5-3-4-6-13;1-10(2)11-3-5-12(6-4-11)14-13-7-8-15-9-13/h4-7,12,15H,8-11H2,1-3H3;4-7,12-13H,8-11H2,1-3H3;3-4,9-10,12,16H,5-8H2,1-2H3;3-6,11,14-15H,7-10H2,1-2H3;7-11,13,15H,3-6H2,1-2H3;3-6,10,13-14H,7-9H2,1-2H3/t;13-;;;;/m.0..../s1. The number of benzene rings is 6. The van der Waals surface area contributed by atoms with Crippen molar-refractivity contribution in [2.45, 2.75) is 239 Å². The van der Waals surface area contributed by atoms with Crippen molar-refractivity contribution in [3.05, 3.63) is 184 Å². The fourth-order valence-corrected chi connectivity index (χ4v) is 12.8. The smallest absolute Gasteiger partial charge is 0.146 e. The summed E-state index contributed by atoms with van der Waals surface area (Å²) in [4.78, 5) is 4.89. The summed E-state index contributed by atoms with van der Waals surface area (Å²) in [6, 6.07) is 53.2. The number of hydrogen-bond donors (Lipinski definition) is 4. The third kappa shape index (κ3) is 27.9. The van der Waals surface area contributed by atoms with Crippen molar-refractivity contribution in [2.24, 2.45) is 0 Å². The van der Waals surface area contributed by atoms with Crippen LogP contribution in [0, 0.1) is 5.82 Å². The molecule has 0 spiro atoms. The maximum absolute atomic E-state index is 13.9. The molecule has 6 aromatic rings. The van der Waals surface area contributed by atoms with E-state index in [1.165, 1.54) is 81.8 Å². The molecule has 1 aliphatic carbocycles. The molecule has 1 saturated carbocycles. The molecule has 5 saturated heterocycles. The van der Waals surface area contributed by atoms with E-state index in [2.05, 4.69) is 249 Å². The molecular formula is C85H127FN6O5. The maximum Gasteiger partial charge on any atom is 0.146 e. The van der Waals surface area contributed by atoms with Gasteiger partial charge >= 0.3 is 0 Å². The highest BCUT2D eigenvalue weighted by atomic mass is 19.1. The Labute approximate surface area is 587 Å². The van der Waals surface area contributed by atoms with Crippen LogP contribution in [0.2, 0.25) is 0 Å². The van der Waals surface area contributed by atoms with Gasteiger partial charge in [-0.15, -0.1) is 0 Å². The summed E-state index contributed by atoms with van der Waals surface area (Å²) >= 11 is 0. The lowest BCUT2D eigenvalue weighted by atomic mass is 10.0. The Hall–Kier alpha value is -5.99. The zero-order valence-electron chi connectivity index (χ0n) is 62.3. The lowest BCUT2D eigenvalue weighted by molar-refractivity contribution is -0.00437. The second kappa shape index (κ2) is 42.2. The largest absolute Gasteiger partial charge is 0.382 e. The van der Waals surface area contributed by atoms with Crippen molar-refractivity contribution in [2.75, 3.05) is 106 Å². The van der Waals surface area contributed by atoms with Crippen LogP contribution in [0.25, 0.3) is 0 Å². The Morgan fingerprint density at radius 2 is 0.742 bits per heavy atom. The summed E-state index contributed by atoms with van der Waals surface area (Å²) in [5.74, 6) is 3.28. The van der Waals surface area contributed by atoms with Crippen LogP contribution in [0.5, 0.6) is 0 Å². The Kier molecular flexibility index (Phi) is 34.1. The molecular weight excluding hydrogens is 1200 g/mol. The van der Waals surface area contributed by atoms with Gasteiger partial charge in [0.25, 0.3) is 0 Å². The molecule has 534 valence electrons. The molecule has 6 aliphatic rings. The van der Waals surface area contributed by atoms with E-state index in [0.717, 1.165) is 136 Å². The van der Waals surface area contributed by atoms with Crippen LogP contribution in [0.1, 0.15) is 235 Å². The Balaban J connectivity index is 0.000000164. The number of halogens is 1. The second-order valence-corrected chi connectivity index (χ2v) is 29.6. The van der Waals surface area contributed by atoms with Crippen molar-refractivity contribution in [1.82, 2.24) is 4.90 Å². The van der Waals surface area contributed by atoms with Crippen LogP contribution in [0.3, 0.4) is 0 Å². The number of nitrogens with zero attached hydrogens (tertiary/aromatic N) is 2. The van der Waals surface area contributed by atoms with Gasteiger partial charge in [-0.05, 0) is 200 Å². The quantitative estimate of drug-likeness (QED) is 0.0662. The summed E-state index contributed by atoms with van der Waals surface area (Å²) in [5.41, 5.74) is 15.1. The van der Waals surface area contributed by atoms with E-state index >= 15 is 0 Å². The van der Waals surface area contributed by atoms with Gasteiger partial charge < -0.3 is 49.9 Å². The highest BCUT2D eigenvalue weighted by Gasteiger charge is 2.22. The van der Waals surface area contributed by atoms with E-state index < -0.39 is 0 Å². The first-order valence-electron chi connectivity index (χ1n) is 37.5. The van der Waals surface area contributed by atoms with Gasteiger partial charge in [-0.1, -0.05) is 175 Å². The molecule has 5 aliphatic heterocycles. The molecule has 5 heterocycles. The summed E-state index contributed by atoms with van der Waals surface area (Å²) < 4.78 is 40.7. The number of rotatable bonds is 18. The summed E-state index contributed by atoms with van der Waals surface area (Å²) in [5, 5.41) is 13.9. The zero-order valence-corrected chi connectivity index (χ0v) is 62.3. The first-order chi connectivity index (χ1) is 46.8. The van der Waals surface area contributed by atoms with E-state index in [-0.39, 0.29) is 5.82 Å². The van der Waals surface area contributed by atoms with Gasteiger partial charge in [0.05, 0.1) is 31.5 Å². The van der Waals surface area contributed by atoms with Gasteiger partial charge in [-0.2, -0.15) is 0 Å². The minimum absolute atomic E-state index is 0.150. The van der Waals surface area contributed by atoms with Gasteiger partial charge in [-0.25, -0.2) is 4.39 Å². The lowest BCUT2D eigenvalue weighted by Crippen LogP contribution is -2.42. The molecule has 6 fully saturated rings. The van der Waals surface area contributed by atoms with Gasteiger partial charge in [0.1, 0.15) is 5.82 Å². The third-order valence-corrected chi connectivity index (χ3v) is 19.8. The Morgan fingerprint density at radius 3 is 1.14 bits per heavy atom. The molecule has 12 rings (SSSR count). The van der Waals surface area contributed by atoms with Crippen molar-refractivity contribution in [3.63, 3.8) is 0 Å². The van der Waals surface area contributed by atoms with Gasteiger partial charge in [-0.3, -0.25) is 4.90 Å². The van der Waals surface area contributed by atoms with Crippen LogP contribution >= 0.6 is 0 Å². The van der Waals surface area contributed by atoms with Crippen molar-refractivity contribution in [3.8, 4) is 0 Å². The van der Waals surface area contributed by atoms with Gasteiger partial charge in [0.15, 0.2) is 0 Å². The summed E-state index contributed by atoms with van der Waals surface area (Å²) in [7, 11) is 2.19. The van der Waals surface area contributed by atoms with Crippen LogP contribution < -0.4 is 26.2 Å². The Morgan fingerprint density at radius 1 is 0.392 bits per heavy atom. The van der Waals surface area contributed by atoms with Gasteiger partial charge in [0, 0.05) is 119 Å². The van der Waals surface area contributed by atoms with E-state index in [1.54, 1.807) is 6.07 Å². The molecule has 97 heavy (non-hydrogen) atoms. The average molecular weight is 1330 g/mol. The number of morpholine rings is 1. The molecule has 1 unspecified atom stereocenters. The van der Waals surface area contributed by atoms with E-state index in [0.29, 0.717) is 71.4 Å². The summed E-state index contributed by atoms with van der Waals surface area (Å²) in [6.07, 6.45) is 13.0. The van der Waals surface area contributed by atoms with E-state index in [1.807, 2.05) is 12.1 Å². The predicted molar refractivity (Wildman–Crippen MR) is 410 cm³/mol. The minimum atomic E-state index is -0.150. The molecule has 12 heteroatoms. The van der Waals surface area contributed by atoms with Crippen molar-refractivity contribution < 1.29 is 28.1 Å². The topological polar surface area (TPSA) is 101 Å². The van der Waals surface area contributed by atoms with Crippen LogP contribution in [-0.4, -0.2) is 121 Å². The second-order valence-electron chi connectivity index (χ2n) is 29.6. The zero-order chi connectivity index (χ0) is 69.5. The first-order valence-corrected chi connectivity index (χ1v) is 37.5. The molecule has 0 aromatic heterocycles. The number of ether oxygens (including phenoxy) is 5. The maximum atomic E-state index is 13.9. The number of nitrogens with one attached hydrogen (secondary N) is 4. The SMILES string of the molecule is CC(C)c1ccc(CN2CCOC[C@@H]2C)cc1.CC(C)c1ccc(N(C)C2CCOCC2)cc1.CC(C)c1ccc(NC2CCCC2)cc1.CC(C)c1ccc(NC2CCOC2)cc1.CC(C)c1ccc(NC2CCOCC2)c(F)c1.CC(C)c1ccc(NC2CCOCC2)cc1. The molecule has 0 radical (unpaired) electrons. The monoisotopic (exact) mass is 1330 g/mol. The number of anilines is 5. The number of hydrogen-bond acceptors (Lipinski definition) is 11. The molecule has 0 amide bonds. The van der Waals surface area contributed by atoms with Crippen LogP contribution in [0.15, 0.2) is 140 Å². The fraction of sp³-hybridized carbons (Fsp3) is 0.576. The molecule has 0 bridgehead atoms. The molecule has 2 atom stereocenters. The van der Waals surface area contributed by atoms with Crippen LogP contribution in [0.4, 0.5) is 32.8 Å². The third-order valence-electron chi connectivity index (χ3n) is 19.8. The van der Waals surface area contributed by atoms with Gasteiger partial charge in [0.2, 0.25) is 0 Å². The van der Waals surface area contributed by atoms with E-state index in [9.17, 15) is 4.39 Å². The fourth-order valence-electron chi connectivity index (χ4n) is 12.8. The van der Waals surface area contributed by atoms with E-state index in [4.69, 9.17) is 23.7 Å². The normalized spacial score (nSPS) is 18.8.